The topological polar surface area (TPSA) is 53.1 Å². The minimum absolute atomic E-state index is 0.398. The van der Waals surface area contributed by atoms with Gasteiger partial charge in [-0.25, -0.2) is 9.97 Å². The Morgan fingerprint density at radius 1 is 1.05 bits per heavy atom. The van der Waals surface area contributed by atoms with Crippen LogP contribution in [0.2, 0.25) is 0 Å². The van der Waals surface area contributed by atoms with Crippen molar-refractivity contribution >= 4 is 11.6 Å². The third kappa shape index (κ3) is 6.29. The molecule has 1 aromatic rings. The number of aromatic nitrogens is 2. The fourth-order valence-corrected chi connectivity index (χ4v) is 2.23. The van der Waals surface area contributed by atoms with Crippen molar-refractivity contribution < 1.29 is 0 Å². The van der Waals surface area contributed by atoms with E-state index in [1.807, 2.05) is 0 Å². The van der Waals surface area contributed by atoms with Gasteiger partial charge in [-0.2, -0.15) is 0 Å². The van der Waals surface area contributed by atoms with Crippen molar-refractivity contribution in [2.24, 2.45) is 0 Å². The molecule has 0 amide bonds. The van der Waals surface area contributed by atoms with Gasteiger partial charge in [-0.1, -0.05) is 20.8 Å². The first-order valence-electron chi connectivity index (χ1n) is 8.03. The Balaban J connectivity index is 2.63. The Kier molecular flexibility index (Phi) is 8.05. The first-order chi connectivity index (χ1) is 10.1. The molecule has 120 valence electrons. The predicted molar refractivity (Wildman–Crippen MR) is 91.2 cm³/mol. The Morgan fingerprint density at radius 2 is 1.67 bits per heavy atom. The van der Waals surface area contributed by atoms with Crippen LogP contribution in [0.4, 0.5) is 11.6 Å². The molecule has 0 fully saturated rings. The highest BCUT2D eigenvalue weighted by Crippen LogP contribution is 2.28. The summed E-state index contributed by atoms with van der Waals surface area (Å²) in [6.45, 7) is 9.57. The lowest BCUT2D eigenvalue weighted by Gasteiger charge is -2.18. The summed E-state index contributed by atoms with van der Waals surface area (Å²) in [4.78, 5) is 11.0. The van der Waals surface area contributed by atoms with E-state index in [2.05, 4.69) is 60.4 Å². The van der Waals surface area contributed by atoms with Gasteiger partial charge in [0.15, 0.2) is 0 Å². The lowest BCUT2D eigenvalue weighted by Crippen LogP contribution is -2.15. The van der Waals surface area contributed by atoms with Gasteiger partial charge in [-0.05, 0) is 45.8 Å². The number of unbranched alkanes of at least 4 members (excludes halogenated alkanes) is 1. The molecule has 0 aliphatic carbocycles. The molecule has 1 aromatic heterocycles. The maximum atomic E-state index is 4.43. The smallest absolute Gasteiger partial charge is 0.134 e. The van der Waals surface area contributed by atoms with Crippen molar-refractivity contribution in [2.45, 2.75) is 46.0 Å². The summed E-state index contributed by atoms with van der Waals surface area (Å²) in [5.41, 5.74) is 1.19. The molecule has 2 N–H and O–H groups in total. The zero-order valence-electron chi connectivity index (χ0n) is 14.2. The average Bonchev–Trinajstić information content (AvgIpc) is 2.44. The molecule has 0 radical (unpaired) electrons. The van der Waals surface area contributed by atoms with Gasteiger partial charge in [-0.15, -0.1) is 0 Å². The second kappa shape index (κ2) is 9.55. The number of anilines is 2. The Labute approximate surface area is 129 Å². The summed E-state index contributed by atoms with van der Waals surface area (Å²) < 4.78 is 0. The van der Waals surface area contributed by atoms with Crippen LogP contribution in [0.3, 0.4) is 0 Å². The van der Waals surface area contributed by atoms with Gasteiger partial charge in [0.05, 0.1) is 0 Å². The lowest BCUT2D eigenvalue weighted by molar-refractivity contribution is 0.396. The van der Waals surface area contributed by atoms with Gasteiger partial charge in [0.25, 0.3) is 0 Å². The Hall–Kier alpha value is -1.36. The Morgan fingerprint density at radius 3 is 2.19 bits per heavy atom. The zero-order valence-corrected chi connectivity index (χ0v) is 14.2. The van der Waals surface area contributed by atoms with Crippen LogP contribution in [0, 0.1) is 0 Å². The first kappa shape index (κ1) is 17.7. The predicted octanol–water partition coefficient (Wildman–Crippen LogP) is 3.18. The molecular weight excluding hydrogens is 262 g/mol. The minimum atomic E-state index is 0.398. The van der Waals surface area contributed by atoms with Crippen LogP contribution in [0.5, 0.6) is 0 Å². The van der Waals surface area contributed by atoms with Gasteiger partial charge in [-0.3, -0.25) is 0 Å². The van der Waals surface area contributed by atoms with E-state index in [0.717, 1.165) is 44.1 Å². The number of nitrogens with zero attached hydrogens (tertiary/aromatic N) is 3. The maximum Gasteiger partial charge on any atom is 0.134 e. The van der Waals surface area contributed by atoms with Gasteiger partial charge in [0.2, 0.25) is 0 Å². The summed E-state index contributed by atoms with van der Waals surface area (Å²) >= 11 is 0. The van der Waals surface area contributed by atoms with Gasteiger partial charge >= 0.3 is 0 Å². The van der Waals surface area contributed by atoms with Crippen LogP contribution >= 0.6 is 0 Å². The van der Waals surface area contributed by atoms with Crippen LogP contribution in [-0.2, 0) is 0 Å². The summed E-state index contributed by atoms with van der Waals surface area (Å²) in [6.07, 6.45) is 5.08. The number of nitrogens with one attached hydrogen (secondary N) is 2. The molecule has 0 spiro atoms. The molecule has 0 saturated carbocycles. The highest BCUT2D eigenvalue weighted by atomic mass is 15.1. The van der Waals surface area contributed by atoms with E-state index in [0.29, 0.717) is 5.92 Å². The third-order valence-electron chi connectivity index (χ3n) is 3.33. The number of hydrogen-bond donors (Lipinski definition) is 2. The summed E-state index contributed by atoms with van der Waals surface area (Å²) in [5.74, 6) is 2.34. The fourth-order valence-electron chi connectivity index (χ4n) is 2.23. The second-order valence-corrected chi connectivity index (χ2v) is 6.00. The van der Waals surface area contributed by atoms with E-state index < -0.39 is 0 Å². The van der Waals surface area contributed by atoms with Crippen molar-refractivity contribution in [3.05, 3.63) is 11.9 Å². The molecule has 0 bridgehead atoms. The van der Waals surface area contributed by atoms with E-state index in [4.69, 9.17) is 0 Å². The SMILES string of the molecule is CCCNc1ncnc(NCCCCN(C)C)c1C(C)C. The minimum Gasteiger partial charge on any atom is -0.370 e. The second-order valence-electron chi connectivity index (χ2n) is 6.00. The van der Waals surface area contributed by atoms with E-state index in [1.54, 1.807) is 6.33 Å². The third-order valence-corrected chi connectivity index (χ3v) is 3.33. The molecule has 0 atom stereocenters. The molecule has 1 heterocycles. The monoisotopic (exact) mass is 293 g/mol. The van der Waals surface area contributed by atoms with E-state index in [-0.39, 0.29) is 0 Å². The number of rotatable bonds is 10. The van der Waals surface area contributed by atoms with E-state index in [1.165, 1.54) is 12.0 Å². The molecule has 0 aliphatic heterocycles. The van der Waals surface area contributed by atoms with Crippen LogP contribution < -0.4 is 10.6 Å². The summed E-state index contributed by atoms with van der Waals surface area (Å²) in [6, 6.07) is 0. The highest BCUT2D eigenvalue weighted by Gasteiger charge is 2.14. The molecule has 5 nitrogen and oxygen atoms in total. The standard InChI is InChI=1S/C16H31N5/c1-6-9-17-15-14(13(2)3)16(20-12-19-15)18-10-7-8-11-21(4)5/h12-13H,6-11H2,1-5H3,(H2,17,18,19,20). The number of hydrogen-bond acceptors (Lipinski definition) is 5. The molecule has 0 aromatic carbocycles. The average molecular weight is 293 g/mol. The summed E-state index contributed by atoms with van der Waals surface area (Å²) in [5, 5.41) is 6.88. The van der Waals surface area contributed by atoms with Crippen molar-refractivity contribution in [3.8, 4) is 0 Å². The summed E-state index contributed by atoms with van der Waals surface area (Å²) in [7, 11) is 4.22. The van der Waals surface area contributed by atoms with Crippen LogP contribution in [-0.4, -0.2) is 48.6 Å². The molecule has 5 heteroatoms. The van der Waals surface area contributed by atoms with E-state index in [9.17, 15) is 0 Å². The lowest BCUT2D eigenvalue weighted by atomic mass is 10.0. The van der Waals surface area contributed by atoms with Crippen molar-refractivity contribution in [1.29, 1.82) is 0 Å². The normalized spacial score (nSPS) is 11.2. The molecule has 0 saturated heterocycles. The van der Waals surface area contributed by atoms with Crippen molar-refractivity contribution in [3.63, 3.8) is 0 Å². The Bertz CT molecular complexity index is 404. The molecule has 1 rings (SSSR count). The molecule has 0 aliphatic rings. The van der Waals surface area contributed by atoms with Crippen molar-refractivity contribution in [2.75, 3.05) is 44.4 Å². The van der Waals surface area contributed by atoms with Crippen LogP contribution in [0.1, 0.15) is 51.5 Å². The van der Waals surface area contributed by atoms with Gasteiger partial charge < -0.3 is 15.5 Å². The zero-order chi connectivity index (χ0) is 15.7. The molecule has 0 unspecified atom stereocenters. The van der Waals surface area contributed by atoms with Crippen molar-refractivity contribution in [1.82, 2.24) is 14.9 Å². The van der Waals surface area contributed by atoms with E-state index >= 15 is 0 Å². The first-order valence-corrected chi connectivity index (χ1v) is 8.03. The maximum absolute atomic E-state index is 4.43. The molecular formula is C16H31N5. The fraction of sp³-hybridized carbons (Fsp3) is 0.750. The highest BCUT2D eigenvalue weighted by molar-refractivity contribution is 5.58. The molecule has 21 heavy (non-hydrogen) atoms. The quantitative estimate of drug-likeness (QED) is 0.649. The largest absolute Gasteiger partial charge is 0.370 e. The van der Waals surface area contributed by atoms with Gasteiger partial charge in [0.1, 0.15) is 18.0 Å². The van der Waals surface area contributed by atoms with Gasteiger partial charge in [0, 0.05) is 18.7 Å². The van der Waals surface area contributed by atoms with Crippen LogP contribution in [0.25, 0.3) is 0 Å². The van der Waals surface area contributed by atoms with Crippen LogP contribution in [0.15, 0.2) is 6.33 Å².